The highest BCUT2D eigenvalue weighted by atomic mass is 19.1. The molecule has 2 aromatic carbocycles. The number of hydrogen-bond acceptors (Lipinski definition) is 2. The van der Waals surface area contributed by atoms with Crippen molar-refractivity contribution >= 4 is 0 Å². The first-order valence-electron chi connectivity index (χ1n) is 8.19. The highest BCUT2D eigenvalue weighted by Gasteiger charge is 2.10. The number of halogens is 1. The number of aryl methyl sites for hydroxylation is 3. The van der Waals surface area contributed by atoms with Crippen molar-refractivity contribution in [3.8, 4) is 11.1 Å². The molecule has 2 nitrogen and oxygen atoms in total. The molecule has 0 aromatic heterocycles. The number of benzene rings is 2. The summed E-state index contributed by atoms with van der Waals surface area (Å²) in [5.41, 5.74) is 4.73. The van der Waals surface area contributed by atoms with E-state index in [-0.39, 0.29) is 24.9 Å². The van der Waals surface area contributed by atoms with Gasteiger partial charge in [-0.15, -0.1) is 0 Å². The maximum atomic E-state index is 14.3. The lowest BCUT2D eigenvalue weighted by atomic mass is 9.94. The molecule has 0 heterocycles. The third-order valence-corrected chi connectivity index (χ3v) is 4.38. The van der Waals surface area contributed by atoms with Crippen LogP contribution < -0.4 is 0 Å². The van der Waals surface area contributed by atoms with Gasteiger partial charge in [-0.3, -0.25) is 0 Å². The molecule has 0 saturated carbocycles. The third kappa shape index (κ3) is 4.40. The van der Waals surface area contributed by atoms with E-state index in [2.05, 4.69) is 6.07 Å². The summed E-state index contributed by atoms with van der Waals surface area (Å²) in [5, 5.41) is 18.2. The van der Waals surface area contributed by atoms with Crippen LogP contribution >= 0.6 is 0 Å². The minimum atomic E-state index is -0.180. The zero-order valence-electron chi connectivity index (χ0n) is 13.8. The summed E-state index contributed by atoms with van der Waals surface area (Å²) in [7, 11) is 0. The van der Waals surface area contributed by atoms with Crippen molar-refractivity contribution in [1.29, 1.82) is 0 Å². The molecule has 2 rings (SSSR count). The Morgan fingerprint density at radius 2 is 1.61 bits per heavy atom. The van der Waals surface area contributed by atoms with Crippen LogP contribution in [0.3, 0.4) is 0 Å². The average Bonchev–Trinajstić information content (AvgIpc) is 2.56. The average molecular weight is 316 g/mol. The fourth-order valence-electron chi connectivity index (χ4n) is 2.79. The van der Waals surface area contributed by atoms with E-state index >= 15 is 0 Å². The van der Waals surface area contributed by atoms with Crippen LogP contribution in [0.1, 0.15) is 30.0 Å². The van der Waals surface area contributed by atoms with Crippen LogP contribution in [0.15, 0.2) is 36.4 Å². The van der Waals surface area contributed by atoms with E-state index in [1.165, 1.54) is 0 Å². The SMILES string of the molecule is CCc1ccc(-c2ccc(CCC(CO)CO)cc2C)c(F)c1. The second kappa shape index (κ2) is 8.23. The Labute approximate surface area is 137 Å². The van der Waals surface area contributed by atoms with Crippen molar-refractivity contribution in [2.45, 2.75) is 33.1 Å². The summed E-state index contributed by atoms with van der Waals surface area (Å²) in [6, 6.07) is 11.5. The van der Waals surface area contributed by atoms with Crippen LogP contribution in [0.2, 0.25) is 0 Å². The van der Waals surface area contributed by atoms with Crippen molar-refractivity contribution in [2.24, 2.45) is 5.92 Å². The first-order chi connectivity index (χ1) is 11.1. The summed E-state index contributed by atoms with van der Waals surface area (Å²) in [6.45, 7) is 4.01. The summed E-state index contributed by atoms with van der Waals surface area (Å²) in [5.74, 6) is -0.255. The molecular formula is C20H25FO2. The lowest BCUT2D eigenvalue weighted by Crippen LogP contribution is -2.11. The summed E-state index contributed by atoms with van der Waals surface area (Å²) >= 11 is 0. The molecule has 0 spiro atoms. The lowest BCUT2D eigenvalue weighted by Gasteiger charge is -2.13. The number of rotatable bonds is 7. The largest absolute Gasteiger partial charge is 0.396 e. The Balaban J connectivity index is 2.19. The summed E-state index contributed by atoms with van der Waals surface area (Å²) in [4.78, 5) is 0. The molecule has 0 radical (unpaired) electrons. The van der Waals surface area contributed by atoms with Crippen molar-refractivity contribution in [2.75, 3.05) is 13.2 Å². The number of aliphatic hydroxyl groups is 2. The van der Waals surface area contributed by atoms with E-state index in [1.807, 2.05) is 38.1 Å². The summed E-state index contributed by atoms with van der Waals surface area (Å²) < 4.78 is 14.3. The Hall–Kier alpha value is -1.71. The predicted molar refractivity (Wildman–Crippen MR) is 91.9 cm³/mol. The molecule has 0 saturated heterocycles. The zero-order valence-corrected chi connectivity index (χ0v) is 13.8. The van der Waals surface area contributed by atoms with Gasteiger partial charge in [0, 0.05) is 24.7 Å². The molecule has 0 aliphatic heterocycles. The van der Waals surface area contributed by atoms with Crippen molar-refractivity contribution < 1.29 is 14.6 Å². The highest BCUT2D eigenvalue weighted by Crippen LogP contribution is 2.28. The second-order valence-electron chi connectivity index (χ2n) is 6.09. The standard InChI is InChI=1S/C20H25FO2/c1-3-15-6-9-19(20(21)11-15)18-8-7-16(10-14(18)2)4-5-17(12-22)13-23/h6-11,17,22-23H,3-5,12-13H2,1-2H3. The van der Waals surface area contributed by atoms with E-state index in [4.69, 9.17) is 10.2 Å². The van der Waals surface area contributed by atoms with Gasteiger partial charge in [0.1, 0.15) is 5.82 Å². The van der Waals surface area contributed by atoms with Crippen molar-refractivity contribution in [3.63, 3.8) is 0 Å². The molecule has 0 aliphatic carbocycles. The molecule has 23 heavy (non-hydrogen) atoms. The van der Waals surface area contributed by atoms with Crippen LogP contribution in [0.5, 0.6) is 0 Å². The Kier molecular flexibility index (Phi) is 6.31. The topological polar surface area (TPSA) is 40.5 Å². The van der Waals surface area contributed by atoms with Gasteiger partial charge in [-0.25, -0.2) is 4.39 Å². The second-order valence-corrected chi connectivity index (χ2v) is 6.09. The van der Waals surface area contributed by atoms with Gasteiger partial charge < -0.3 is 10.2 Å². The molecule has 0 aliphatic rings. The van der Waals surface area contributed by atoms with Gasteiger partial charge in [0.2, 0.25) is 0 Å². The molecule has 0 amide bonds. The van der Waals surface area contributed by atoms with Gasteiger partial charge in [0.05, 0.1) is 0 Å². The van der Waals surface area contributed by atoms with Crippen LogP contribution in [-0.4, -0.2) is 23.4 Å². The van der Waals surface area contributed by atoms with E-state index in [9.17, 15) is 4.39 Å². The fraction of sp³-hybridized carbons (Fsp3) is 0.400. The van der Waals surface area contributed by atoms with Gasteiger partial charge in [0.15, 0.2) is 0 Å². The smallest absolute Gasteiger partial charge is 0.131 e. The lowest BCUT2D eigenvalue weighted by molar-refractivity contribution is 0.144. The Morgan fingerprint density at radius 3 is 2.17 bits per heavy atom. The number of aliphatic hydroxyl groups excluding tert-OH is 2. The molecule has 2 N–H and O–H groups in total. The van der Waals surface area contributed by atoms with Crippen LogP contribution in [0.25, 0.3) is 11.1 Å². The van der Waals surface area contributed by atoms with Gasteiger partial charge >= 0.3 is 0 Å². The Bertz CT molecular complexity index is 648. The quantitative estimate of drug-likeness (QED) is 0.813. The Morgan fingerprint density at radius 1 is 0.957 bits per heavy atom. The molecule has 3 heteroatoms. The third-order valence-electron chi connectivity index (χ3n) is 4.38. The van der Waals surface area contributed by atoms with Gasteiger partial charge in [-0.1, -0.05) is 37.3 Å². The van der Waals surface area contributed by atoms with E-state index < -0.39 is 0 Å². The fourth-order valence-corrected chi connectivity index (χ4v) is 2.79. The van der Waals surface area contributed by atoms with Crippen LogP contribution in [0, 0.1) is 18.7 Å². The van der Waals surface area contributed by atoms with Gasteiger partial charge in [0.25, 0.3) is 0 Å². The number of hydrogen-bond donors (Lipinski definition) is 2. The first kappa shape index (κ1) is 17.6. The first-order valence-corrected chi connectivity index (χ1v) is 8.19. The van der Waals surface area contributed by atoms with Gasteiger partial charge in [-0.2, -0.15) is 0 Å². The highest BCUT2D eigenvalue weighted by molar-refractivity contribution is 5.68. The molecule has 124 valence electrons. The maximum absolute atomic E-state index is 14.3. The van der Waals surface area contributed by atoms with Crippen molar-refractivity contribution in [3.05, 3.63) is 58.9 Å². The minimum Gasteiger partial charge on any atom is -0.396 e. The molecule has 2 aromatic rings. The molecule has 0 fully saturated rings. The minimum absolute atomic E-state index is 0.00253. The zero-order chi connectivity index (χ0) is 16.8. The van der Waals surface area contributed by atoms with E-state index in [1.54, 1.807) is 6.07 Å². The van der Waals surface area contributed by atoms with Crippen molar-refractivity contribution in [1.82, 2.24) is 0 Å². The molecular weight excluding hydrogens is 291 g/mol. The van der Waals surface area contributed by atoms with Crippen LogP contribution in [-0.2, 0) is 12.8 Å². The molecule has 0 bridgehead atoms. The summed E-state index contributed by atoms with van der Waals surface area (Å²) in [6.07, 6.45) is 2.36. The molecule has 0 unspecified atom stereocenters. The van der Waals surface area contributed by atoms with Crippen LogP contribution in [0.4, 0.5) is 4.39 Å². The normalized spacial score (nSPS) is 11.2. The molecule has 0 atom stereocenters. The maximum Gasteiger partial charge on any atom is 0.131 e. The monoisotopic (exact) mass is 316 g/mol. The van der Waals surface area contributed by atoms with Gasteiger partial charge in [-0.05, 0) is 54.5 Å². The van der Waals surface area contributed by atoms with E-state index in [0.29, 0.717) is 5.56 Å². The predicted octanol–water partition coefficient (Wildman–Crippen LogP) is 3.90. The van der Waals surface area contributed by atoms with E-state index in [0.717, 1.165) is 41.5 Å².